The van der Waals surface area contributed by atoms with E-state index in [0.717, 1.165) is 28.5 Å². The third-order valence-electron chi connectivity index (χ3n) is 3.55. The predicted octanol–water partition coefficient (Wildman–Crippen LogP) is 4.14. The van der Waals surface area contributed by atoms with Crippen LogP contribution in [0.5, 0.6) is 11.5 Å². The van der Waals surface area contributed by atoms with Crippen molar-refractivity contribution in [3.63, 3.8) is 0 Å². The number of thioether (sulfide) groups is 1. The fraction of sp³-hybridized carbons (Fsp3) is 0.316. The molecule has 0 aromatic heterocycles. The van der Waals surface area contributed by atoms with Gasteiger partial charge >= 0.3 is 0 Å². The van der Waals surface area contributed by atoms with Crippen molar-refractivity contribution in [1.82, 2.24) is 0 Å². The van der Waals surface area contributed by atoms with Gasteiger partial charge in [0.15, 0.2) is 0 Å². The summed E-state index contributed by atoms with van der Waals surface area (Å²) in [6.45, 7) is 4.45. The number of nitrogens with one attached hydrogen (secondary N) is 1. The first-order valence-corrected chi connectivity index (χ1v) is 8.90. The van der Waals surface area contributed by atoms with E-state index in [1.807, 2.05) is 62.4 Å². The molecule has 0 fully saturated rings. The fourth-order valence-corrected chi connectivity index (χ4v) is 2.82. The van der Waals surface area contributed by atoms with E-state index in [-0.39, 0.29) is 11.2 Å². The topological polar surface area (TPSA) is 47.6 Å². The number of aryl methyl sites for hydroxylation is 1. The van der Waals surface area contributed by atoms with Crippen molar-refractivity contribution in [1.29, 1.82) is 0 Å². The summed E-state index contributed by atoms with van der Waals surface area (Å²) in [7, 11) is 1.63. The molecule has 0 radical (unpaired) electrons. The molecule has 0 aliphatic rings. The van der Waals surface area contributed by atoms with Gasteiger partial charge in [0, 0.05) is 11.4 Å². The summed E-state index contributed by atoms with van der Waals surface area (Å²) in [4.78, 5) is 12.2. The van der Waals surface area contributed by atoms with Crippen molar-refractivity contribution in [3.05, 3.63) is 54.1 Å². The van der Waals surface area contributed by atoms with Crippen LogP contribution >= 0.6 is 11.8 Å². The number of amides is 1. The van der Waals surface area contributed by atoms with E-state index in [2.05, 4.69) is 5.32 Å². The third-order valence-corrected chi connectivity index (χ3v) is 4.67. The highest BCUT2D eigenvalue weighted by molar-refractivity contribution is 8.00. The van der Waals surface area contributed by atoms with Crippen LogP contribution in [0.15, 0.2) is 48.5 Å². The van der Waals surface area contributed by atoms with Crippen LogP contribution in [0.1, 0.15) is 12.5 Å². The van der Waals surface area contributed by atoms with Gasteiger partial charge in [-0.3, -0.25) is 4.79 Å². The zero-order chi connectivity index (χ0) is 17.4. The summed E-state index contributed by atoms with van der Waals surface area (Å²) in [5.74, 6) is 2.36. The lowest BCUT2D eigenvalue weighted by Crippen LogP contribution is -2.23. The van der Waals surface area contributed by atoms with Gasteiger partial charge in [-0.05, 0) is 49.7 Å². The molecule has 0 aliphatic heterocycles. The monoisotopic (exact) mass is 345 g/mol. The van der Waals surface area contributed by atoms with Gasteiger partial charge in [0.25, 0.3) is 0 Å². The van der Waals surface area contributed by atoms with Crippen molar-refractivity contribution >= 4 is 23.4 Å². The van der Waals surface area contributed by atoms with E-state index in [1.165, 1.54) is 0 Å². The van der Waals surface area contributed by atoms with Crippen LogP contribution in [-0.2, 0) is 4.79 Å². The van der Waals surface area contributed by atoms with Crippen LogP contribution in [0.2, 0.25) is 0 Å². The third kappa shape index (κ3) is 5.49. The van der Waals surface area contributed by atoms with E-state index < -0.39 is 0 Å². The second-order valence-electron chi connectivity index (χ2n) is 5.34. The molecule has 1 amide bonds. The molecular weight excluding hydrogens is 322 g/mol. The first-order valence-electron chi connectivity index (χ1n) is 7.85. The van der Waals surface area contributed by atoms with Crippen molar-refractivity contribution in [3.8, 4) is 11.5 Å². The molecule has 4 nitrogen and oxygen atoms in total. The Bertz CT molecular complexity index is 658. The van der Waals surface area contributed by atoms with Gasteiger partial charge in [-0.15, -0.1) is 11.8 Å². The van der Waals surface area contributed by atoms with Crippen LogP contribution in [0.3, 0.4) is 0 Å². The molecular formula is C19H23NO3S. The Morgan fingerprint density at radius 1 is 1.12 bits per heavy atom. The van der Waals surface area contributed by atoms with Crippen LogP contribution in [-0.4, -0.2) is 30.6 Å². The molecule has 1 atom stereocenters. The van der Waals surface area contributed by atoms with E-state index in [0.29, 0.717) is 6.61 Å². The Labute approximate surface area is 147 Å². The standard InChI is InChI=1S/C19H23NO3S/c1-14-6-4-5-7-18(14)20-19(21)15(2)24-13-12-23-17-10-8-16(22-3)9-11-17/h4-11,15H,12-13H2,1-3H3,(H,20,21). The summed E-state index contributed by atoms with van der Waals surface area (Å²) in [6.07, 6.45) is 0. The molecule has 0 saturated heterocycles. The molecule has 1 unspecified atom stereocenters. The van der Waals surface area contributed by atoms with Gasteiger partial charge < -0.3 is 14.8 Å². The highest BCUT2D eigenvalue weighted by Crippen LogP contribution is 2.19. The van der Waals surface area contributed by atoms with Crippen molar-refractivity contribution in [2.24, 2.45) is 0 Å². The molecule has 0 saturated carbocycles. The Hall–Kier alpha value is -2.14. The summed E-state index contributed by atoms with van der Waals surface area (Å²) in [5, 5.41) is 2.83. The fourth-order valence-electron chi connectivity index (χ4n) is 2.08. The van der Waals surface area contributed by atoms with Crippen molar-refractivity contribution in [2.45, 2.75) is 19.1 Å². The molecule has 24 heavy (non-hydrogen) atoms. The number of methoxy groups -OCH3 is 1. The smallest absolute Gasteiger partial charge is 0.237 e. The van der Waals surface area contributed by atoms with Gasteiger partial charge in [-0.25, -0.2) is 0 Å². The number of ether oxygens (including phenoxy) is 2. The van der Waals surface area contributed by atoms with E-state index in [1.54, 1.807) is 18.9 Å². The number of benzene rings is 2. The Morgan fingerprint density at radius 3 is 2.46 bits per heavy atom. The first kappa shape index (κ1) is 18.2. The lowest BCUT2D eigenvalue weighted by molar-refractivity contribution is -0.115. The quantitative estimate of drug-likeness (QED) is 0.731. The minimum Gasteiger partial charge on any atom is -0.497 e. The summed E-state index contributed by atoms with van der Waals surface area (Å²) < 4.78 is 10.8. The minimum atomic E-state index is -0.135. The van der Waals surface area contributed by atoms with E-state index in [9.17, 15) is 4.79 Å². The Balaban J connectivity index is 1.71. The zero-order valence-corrected chi connectivity index (χ0v) is 15.1. The van der Waals surface area contributed by atoms with E-state index in [4.69, 9.17) is 9.47 Å². The summed E-state index contributed by atoms with van der Waals surface area (Å²) in [6, 6.07) is 15.2. The molecule has 2 aromatic rings. The number of rotatable bonds is 8. The zero-order valence-electron chi connectivity index (χ0n) is 14.2. The molecule has 0 bridgehead atoms. The molecule has 128 valence electrons. The Kier molecular flexibility index (Phi) is 7.00. The maximum atomic E-state index is 12.2. The van der Waals surface area contributed by atoms with Gasteiger partial charge in [-0.2, -0.15) is 0 Å². The number of hydrogen-bond acceptors (Lipinski definition) is 4. The highest BCUT2D eigenvalue weighted by atomic mass is 32.2. The van der Waals surface area contributed by atoms with Crippen LogP contribution in [0, 0.1) is 6.92 Å². The molecule has 1 N–H and O–H groups in total. The van der Waals surface area contributed by atoms with Gasteiger partial charge in [0.05, 0.1) is 19.0 Å². The number of hydrogen-bond donors (Lipinski definition) is 1. The second kappa shape index (κ2) is 9.23. The number of anilines is 1. The Morgan fingerprint density at radius 2 is 1.79 bits per heavy atom. The lowest BCUT2D eigenvalue weighted by Gasteiger charge is -2.14. The van der Waals surface area contributed by atoms with Crippen molar-refractivity contribution in [2.75, 3.05) is 24.8 Å². The van der Waals surface area contributed by atoms with Crippen LogP contribution in [0.4, 0.5) is 5.69 Å². The SMILES string of the molecule is COc1ccc(OCCSC(C)C(=O)Nc2ccccc2C)cc1. The lowest BCUT2D eigenvalue weighted by atomic mass is 10.2. The highest BCUT2D eigenvalue weighted by Gasteiger charge is 2.14. The number of carbonyl (C=O) groups is 1. The average molecular weight is 345 g/mol. The molecule has 2 rings (SSSR count). The maximum Gasteiger partial charge on any atom is 0.237 e. The minimum absolute atomic E-state index is 0.0127. The summed E-state index contributed by atoms with van der Waals surface area (Å²) in [5.41, 5.74) is 1.93. The van der Waals surface area contributed by atoms with E-state index >= 15 is 0 Å². The maximum absolute atomic E-state index is 12.2. The first-order chi connectivity index (χ1) is 11.6. The molecule has 0 spiro atoms. The van der Waals surface area contributed by atoms with Crippen molar-refractivity contribution < 1.29 is 14.3 Å². The largest absolute Gasteiger partial charge is 0.497 e. The summed E-state index contributed by atoms with van der Waals surface area (Å²) >= 11 is 1.57. The number of carbonyl (C=O) groups excluding carboxylic acids is 1. The predicted molar refractivity (Wildman–Crippen MR) is 100 cm³/mol. The van der Waals surface area contributed by atoms with Gasteiger partial charge in [0.2, 0.25) is 5.91 Å². The van der Waals surface area contributed by atoms with Crippen LogP contribution < -0.4 is 14.8 Å². The molecule has 2 aromatic carbocycles. The second-order valence-corrected chi connectivity index (χ2v) is 6.79. The number of para-hydroxylation sites is 1. The van der Waals surface area contributed by atoms with Crippen LogP contribution in [0.25, 0.3) is 0 Å². The van der Waals surface area contributed by atoms with Gasteiger partial charge in [-0.1, -0.05) is 18.2 Å². The normalized spacial score (nSPS) is 11.6. The molecule has 5 heteroatoms. The average Bonchev–Trinajstić information content (AvgIpc) is 2.61. The molecule has 0 aliphatic carbocycles. The van der Waals surface area contributed by atoms with Gasteiger partial charge in [0.1, 0.15) is 11.5 Å². The molecule has 0 heterocycles.